The van der Waals surface area contributed by atoms with Crippen molar-refractivity contribution in [3.63, 3.8) is 0 Å². The number of nitrogens with one attached hydrogen (secondary N) is 1. The third-order valence-electron chi connectivity index (χ3n) is 5.46. The number of carbonyl (C=O) groups excluding carboxylic acids is 1. The van der Waals surface area contributed by atoms with Gasteiger partial charge in [-0.15, -0.1) is 0 Å². The molecule has 0 saturated carbocycles. The van der Waals surface area contributed by atoms with Gasteiger partial charge in [0.25, 0.3) is 0 Å². The standard InChI is InChI=1S/C22H25FN2O3/c23-19-7-5-16(6-8-19)20(25-9-11-27-12-10-25)14-24-22(26)18-13-17-3-1-2-4-21(17)28-15-18/h1-8,18,20H,9-15H2,(H,24,26)/t18-,20-/m1/s1. The topological polar surface area (TPSA) is 50.8 Å². The van der Waals surface area contributed by atoms with Crippen LogP contribution in [0.4, 0.5) is 4.39 Å². The van der Waals surface area contributed by atoms with Crippen molar-refractivity contribution in [2.45, 2.75) is 12.5 Å². The molecule has 0 bridgehead atoms. The van der Waals surface area contributed by atoms with Crippen molar-refractivity contribution in [3.8, 4) is 5.75 Å². The fourth-order valence-electron chi connectivity index (χ4n) is 3.87. The molecule has 28 heavy (non-hydrogen) atoms. The van der Waals surface area contributed by atoms with Gasteiger partial charge in [-0.1, -0.05) is 30.3 Å². The van der Waals surface area contributed by atoms with Gasteiger partial charge in [0.2, 0.25) is 5.91 Å². The molecule has 0 aromatic heterocycles. The lowest BCUT2D eigenvalue weighted by Gasteiger charge is -2.35. The lowest BCUT2D eigenvalue weighted by molar-refractivity contribution is -0.126. The quantitative estimate of drug-likeness (QED) is 0.861. The summed E-state index contributed by atoms with van der Waals surface area (Å²) in [6, 6.07) is 14.4. The van der Waals surface area contributed by atoms with Crippen LogP contribution in [-0.4, -0.2) is 50.3 Å². The first-order valence-electron chi connectivity index (χ1n) is 9.76. The van der Waals surface area contributed by atoms with E-state index in [0.29, 0.717) is 32.8 Å². The van der Waals surface area contributed by atoms with Crippen molar-refractivity contribution in [2.24, 2.45) is 5.92 Å². The van der Waals surface area contributed by atoms with Crippen LogP contribution < -0.4 is 10.1 Å². The Morgan fingerprint density at radius 3 is 2.68 bits per heavy atom. The molecule has 4 rings (SSSR count). The molecule has 1 saturated heterocycles. The first-order chi connectivity index (χ1) is 13.7. The Morgan fingerprint density at radius 1 is 1.14 bits per heavy atom. The maximum absolute atomic E-state index is 13.4. The second-order valence-electron chi connectivity index (χ2n) is 7.28. The van der Waals surface area contributed by atoms with Crippen LogP contribution in [0.25, 0.3) is 0 Å². The fraction of sp³-hybridized carbons (Fsp3) is 0.409. The van der Waals surface area contributed by atoms with Crippen molar-refractivity contribution >= 4 is 5.91 Å². The minimum atomic E-state index is -0.258. The Bertz CT molecular complexity index is 806. The van der Waals surface area contributed by atoms with E-state index in [1.165, 1.54) is 12.1 Å². The first-order valence-corrected chi connectivity index (χ1v) is 9.76. The third-order valence-corrected chi connectivity index (χ3v) is 5.46. The minimum absolute atomic E-state index is 0.00475. The zero-order valence-electron chi connectivity index (χ0n) is 15.8. The molecular weight excluding hydrogens is 359 g/mol. The number of fused-ring (bicyclic) bond motifs is 1. The SMILES string of the molecule is O=C(NC[C@H](c1ccc(F)cc1)N1CCOCC1)[C@H]1COc2ccccc2C1. The second-order valence-corrected chi connectivity index (χ2v) is 7.28. The lowest BCUT2D eigenvalue weighted by atomic mass is 9.95. The molecule has 2 aromatic rings. The predicted molar refractivity (Wildman–Crippen MR) is 104 cm³/mol. The van der Waals surface area contributed by atoms with E-state index in [1.54, 1.807) is 12.1 Å². The highest BCUT2D eigenvalue weighted by atomic mass is 19.1. The van der Waals surface area contributed by atoms with E-state index in [0.717, 1.165) is 30.0 Å². The number of benzene rings is 2. The smallest absolute Gasteiger partial charge is 0.226 e. The van der Waals surface area contributed by atoms with Crippen molar-refractivity contribution in [3.05, 3.63) is 65.5 Å². The summed E-state index contributed by atoms with van der Waals surface area (Å²) < 4.78 is 24.6. The highest BCUT2D eigenvalue weighted by molar-refractivity contribution is 5.79. The van der Waals surface area contributed by atoms with Gasteiger partial charge >= 0.3 is 0 Å². The van der Waals surface area contributed by atoms with Crippen LogP contribution in [0.15, 0.2) is 48.5 Å². The van der Waals surface area contributed by atoms with Gasteiger partial charge in [-0.3, -0.25) is 9.69 Å². The van der Waals surface area contributed by atoms with E-state index in [4.69, 9.17) is 9.47 Å². The molecule has 1 N–H and O–H groups in total. The number of morpholine rings is 1. The predicted octanol–water partition coefficient (Wildman–Crippen LogP) is 2.57. The number of carbonyl (C=O) groups is 1. The lowest BCUT2D eigenvalue weighted by Crippen LogP contribution is -2.45. The molecule has 2 aromatic carbocycles. The molecule has 1 fully saturated rings. The van der Waals surface area contributed by atoms with Crippen LogP contribution >= 0.6 is 0 Å². The van der Waals surface area contributed by atoms with E-state index >= 15 is 0 Å². The molecule has 2 aliphatic rings. The van der Waals surface area contributed by atoms with E-state index in [1.807, 2.05) is 24.3 Å². The maximum atomic E-state index is 13.4. The van der Waals surface area contributed by atoms with Crippen LogP contribution in [0.3, 0.4) is 0 Å². The molecule has 0 radical (unpaired) electrons. The van der Waals surface area contributed by atoms with Crippen LogP contribution in [0, 0.1) is 11.7 Å². The van der Waals surface area contributed by atoms with Crippen molar-refractivity contribution in [1.82, 2.24) is 10.2 Å². The van der Waals surface area contributed by atoms with Crippen molar-refractivity contribution in [2.75, 3.05) is 39.5 Å². The second kappa shape index (κ2) is 8.71. The van der Waals surface area contributed by atoms with Gasteiger partial charge in [-0.2, -0.15) is 0 Å². The Morgan fingerprint density at radius 2 is 1.89 bits per heavy atom. The van der Waals surface area contributed by atoms with Gasteiger partial charge in [-0.25, -0.2) is 4.39 Å². The average molecular weight is 384 g/mol. The normalized spacial score (nSPS) is 20.7. The van der Waals surface area contributed by atoms with Crippen LogP contribution in [0.1, 0.15) is 17.2 Å². The van der Waals surface area contributed by atoms with Gasteiger partial charge in [0.15, 0.2) is 0 Å². The fourth-order valence-corrected chi connectivity index (χ4v) is 3.87. The molecule has 0 aliphatic carbocycles. The molecule has 0 spiro atoms. The summed E-state index contributed by atoms with van der Waals surface area (Å²) in [6.45, 7) is 3.78. The summed E-state index contributed by atoms with van der Waals surface area (Å²) in [4.78, 5) is 15.1. The summed E-state index contributed by atoms with van der Waals surface area (Å²) in [6.07, 6.45) is 0.681. The molecule has 2 atom stereocenters. The van der Waals surface area contributed by atoms with Crippen molar-refractivity contribution in [1.29, 1.82) is 0 Å². The summed E-state index contributed by atoms with van der Waals surface area (Å²) in [5.41, 5.74) is 2.06. The largest absolute Gasteiger partial charge is 0.492 e. The Labute approximate surface area is 164 Å². The number of nitrogens with zero attached hydrogens (tertiary/aromatic N) is 1. The zero-order chi connectivity index (χ0) is 19.3. The summed E-state index contributed by atoms with van der Waals surface area (Å²) in [5, 5.41) is 3.10. The molecule has 2 aliphatic heterocycles. The van der Waals surface area contributed by atoms with E-state index in [2.05, 4.69) is 10.2 Å². The van der Waals surface area contributed by atoms with Crippen molar-refractivity contribution < 1.29 is 18.7 Å². The average Bonchev–Trinajstić information content (AvgIpc) is 2.75. The number of hydrogen-bond acceptors (Lipinski definition) is 4. The third kappa shape index (κ3) is 4.34. The molecule has 148 valence electrons. The number of amides is 1. The van der Waals surface area contributed by atoms with Gasteiger partial charge in [0.1, 0.15) is 18.2 Å². The number of ether oxygens (including phenoxy) is 2. The zero-order valence-corrected chi connectivity index (χ0v) is 15.8. The molecule has 1 amide bonds. The first kappa shape index (κ1) is 18.9. The highest BCUT2D eigenvalue weighted by Crippen LogP contribution is 2.27. The monoisotopic (exact) mass is 384 g/mol. The van der Waals surface area contributed by atoms with Crippen LogP contribution in [0.5, 0.6) is 5.75 Å². The number of halogens is 1. The Hall–Kier alpha value is -2.44. The molecule has 5 nitrogen and oxygen atoms in total. The van der Waals surface area contributed by atoms with Crippen LogP contribution in [0.2, 0.25) is 0 Å². The molecule has 6 heteroatoms. The van der Waals surface area contributed by atoms with E-state index in [-0.39, 0.29) is 23.7 Å². The molecule has 2 heterocycles. The maximum Gasteiger partial charge on any atom is 0.226 e. The number of rotatable bonds is 5. The van der Waals surface area contributed by atoms with Gasteiger partial charge in [-0.05, 0) is 35.7 Å². The number of para-hydroxylation sites is 1. The molecular formula is C22H25FN2O3. The van der Waals surface area contributed by atoms with Gasteiger partial charge < -0.3 is 14.8 Å². The summed E-state index contributed by atoms with van der Waals surface area (Å²) in [5.74, 6) is 0.402. The highest BCUT2D eigenvalue weighted by Gasteiger charge is 2.28. The Balaban J connectivity index is 1.42. The van der Waals surface area contributed by atoms with E-state index < -0.39 is 0 Å². The molecule has 0 unspecified atom stereocenters. The van der Waals surface area contributed by atoms with Crippen LogP contribution in [-0.2, 0) is 16.0 Å². The number of hydrogen-bond donors (Lipinski definition) is 1. The van der Waals surface area contributed by atoms with Gasteiger partial charge in [0, 0.05) is 19.6 Å². The summed E-state index contributed by atoms with van der Waals surface area (Å²) in [7, 11) is 0. The minimum Gasteiger partial charge on any atom is -0.492 e. The Kier molecular flexibility index (Phi) is 5.88. The van der Waals surface area contributed by atoms with E-state index in [9.17, 15) is 9.18 Å². The van der Waals surface area contributed by atoms with Gasteiger partial charge in [0.05, 0.1) is 25.2 Å². The summed E-state index contributed by atoms with van der Waals surface area (Å²) >= 11 is 0.